The third-order valence-corrected chi connectivity index (χ3v) is 4.22. The number of rotatable bonds is 6. The summed E-state index contributed by atoms with van der Waals surface area (Å²) < 4.78 is 1.26. The molecule has 1 heterocycles. The van der Waals surface area contributed by atoms with E-state index in [2.05, 4.69) is 36.7 Å². The zero-order valence-corrected chi connectivity index (χ0v) is 11.7. The van der Waals surface area contributed by atoms with Crippen molar-refractivity contribution in [3.05, 3.63) is 35.2 Å². The number of hydrogen-bond acceptors (Lipinski definition) is 3. The lowest BCUT2D eigenvalue weighted by Gasteiger charge is -2.09. The van der Waals surface area contributed by atoms with Gasteiger partial charge >= 0.3 is 0 Å². The van der Waals surface area contributed by atoms with Gasteiger partial charge in [-0.25, -0.2) is 0 Å². The number of benzene rings is 1. The van der Waals surface area contributed by atoms with Crippen LogP contribution in [-0.4, -0.2) is 18.4 Å². The van der Waals surface area contributed by atoms with Crippen molar-refractivity contribution >= 4 is 27.2 Å². The molecular formula is C15H19NOS. The molecule has 0 bridgehead atoms. The topological polar surface area (TPSA) is 29.1 Å². The molecule has 2 aromatic rings. The number of thiophene rings is 1. The summed E-state index contributed by atoms with van der Waals surface area (Å²) in [5.74, 6) is 0.263. The molecule has 18 heavy (non-hydrogen) atoms. The fourth-order valence-electron chi connectivity index (χ4n) is 1.88. The average Bonchev–Trinajstić information content (AvgIpc) is 2.79. The SMILES string of the molecule is CCC(C)NCC(=O)Cc1csc2ccccc12. The van der Waals surface area contributed by atoms with Crippen LogP contribution < -0.4 is 5.32 Å². The number of Topliss-reactive ketones (excluding diaryl/α,β-unsaturated/α-hetero) is 1. The number of ketones is 1. The van der Waals surface area contributed by atoms with Crippen molar-refractivity contribution in [1.82, 2.24) is 5.32 Å². The zero-order chi connectivity index (χ0) is 13.0. The lowest BCUT2D eigenvalue weighted by atomic mass is 10.1. The fraction of sp³-hybridized carbons (Fsp3) is 0.400. The second kappa shape index (κ2) is 6.12. The Morgan fingerprint density at radius 1 is 1.39 bits per heavy atom. The second-order valence-electron chi connectivity index (χ2n) is 4.66. The summed E-state index contributed by atoms with van der Waals surface area (Å²) in [7, 11) is 0. The van der Waals surface area contributed by atoms with Crippen LogP contribution in [0.4, 0.5) is 0 Å². The molecule has 1 atom stereocenters. The van der Waals surface area contributed by atoms with Gasteiger partial charge in [0.2, 0.25) is 0 Å². The zero-order valence-electron chi connectivity index (χ0n) is 10.9. The van der Waals surface area contributed by atoms with Gasteiger partial charge in [-0.3, -0.25) is 4.79 Å². The smallest absolute Gasteiger partial charge is 0.151 e. The summed E-state index contributed by atoms with van der Waals surface area (Å²) in [6.45, 7) is 4.70. The molecule has 1 aromatic heterocycles. The normalized spacial score (nSPS) is 12.8. The third kappa shape index (κ3) is 3.18. The van der Waals surface area contributed by atoms with Crippen LogP contribution in [0.25, 0.3) is 10.1 Å². The highest BCUT2D eigenvalue weighted by Gasteiger charge is 2.09. The van der Waals surface area contributed by atoms with Gasteiger partial charge in [-0.1, -0.05) is 25.1 Å². The Bertz CT molecular complexity index is 532. The predicted molar refractivity (Wildman–Crippen MR) is 78.3 cm³/mol. The summed E-state index contributed by atoms with van der Waals surface area (Å²) in [5.41, 5.74) is 1.16. The molecule has 0 radical (unpaired) electrons. The van der Waals surface area contributed by atoms with Crippen LogP contribution in [0.2, 0.25) is 0 Å². The molecule has 0 amide bonds. The second-order valence-corrected chi connectivity index (χ2v) is 5.57. The van der Waals surface area contributed by atoms with Crippen LogP contribution >= 0.6 is 11.3 Å². The van der Waals surface area contributed by atoms with Crippen molar-refractivity contribution in [2.75, 3.05) is 6.54 Å². The predicted octanol–water partition coefficient (Wildman–Crippen LogP) is 3.40. The minimum absolute atomic E-state index is 0.263. The highest BCUT2D eigenvalue weighted by molar-refractivity contribution is 7.17. The van der Waals surface area contributed by atoms with E-state index in [1.807, 2.05) is 12.1 Å². The number of carbonyl (C=O) groups excluding carboxylic acids is 1. The standard InChI is InChI=1S/C15H19NOS/c1-3-11(2)16-9-13(17)8-12-10-18-15-7-5-4-6-14(12)15/h4-7,10-11,16H,3,8-9H2,1-2H3. The first-order valence-electron chi connectivity index (χ1n) is 6.41. The first kappa shape index (κ1) is 13.2. The number of carbonyl (C=O) groups is 1. The molecular weight excluding hydrogens is 242 g/mol. The third-order valence-electron chi connectivity index (χ3n) is 3.21. The van der Waals surface area contributed by atoms with Crippen molar-refractivity contribution in [3.8, 4) is 0 Å². The average molecular weight is 261 g/mol. The van der Waals surface area contributed by atoms with Crippen LogP contribution in [0.1, 0.15) is 25.8 Å². The highest BCUT2D eigenvalue weighted by Crippen LogP contribution is 2.25. The summed E-state index contributed by atoms with van der Waals surface area (Å²) in [6.07, 6.45) is 1.59. The van der Waals surface area contributed by atoms with Gasteiger partial charge in [0.15, 0.2) is 5.78 Å². The molecule has 1 unspecified atom stereocenters. The van der Waals surface area contributed by atoms with E-state index >= 15 is 0 Å². The largest absolute Gasteiger partial charge is 0.307 e. The Morgan fingerprint density at radius 3 is 2.94 bits per heavy atom. The Labute approximate surface area is 112 Å². The van der Waals surface area contributed by atoms with Crippen molar-refractivity contribution < 1.29 is 4.79 Å². The Hall–Kier alpha value is -1.19. The van der Waals surface area contributed by atoms with E-state index < -0.39 is 0 Å². The molecule has 0 aliphatic rings. The van der Waals surface area contributed by atoms with E-state index in [0.717, 1.165) is 12.0 Å². The lowest BCUT2D eigenvalue weighted by molar-refractivity contribution is -0.117. The molecule has 96 valence electrons. The van der Waals surface area contributed by atoms with Crippen LogP contribution in [0.3, 0.4) is 0 Å². The van der Waals surface area contributed by atoms with Gasteiger partial charge in [0, 0.05) is 17.2 Å². The highest BCUT2D eigenvalue weighted by atomic mass is 32.1. The fourth-order valence-corrected chi connectivity index (χ4v) is 2.84. The molecule has 0 aliphatic heterocycles. The van der Waals surface area contributed by atoms with Gasteiger partial charge in [-0.2, -0.15) is 0 Å². The van der Waals surface area contributed by atoms with Gasteiger partial charge in [-0.05, 0) is 35.7 Å². The van der Waals surface area contributed by atoms with E-state index in [-0.39, 0.29) is 5.78 Å². The van der Waals surface area contributed by atoms with E-state index in [1.165, 1.54) is 10.1 Å². The minimum atomic E-state index is 0.263. The van der Waals surface area contributed by atoms with Gasteiger partial charge in [-0.15, -0.1) is 11.3 Å². The van der Waals surface area contributed by atoms with Crippen LogP contribution in [0.5, 0.6) is 0 Å². The quantitative estimate of drug-likeness (QED) is 0.863. The van der Waals surface area contributed by atoms with Crippen LogP contribution in [0.15, 0.2) is 29.6 Å². The Morgan fingerprint density at radius 2 is 2.17 bits per heavy atom. The molecule has 0 saturated carbocycles. The number of fused-ring (bicyclic) bond motifs is 1. The maximum absolute atomic E-state index is 11.9. The summed E-state index contributed by atoms with van der Waals surface area (Å²) in [5, 5.41) is 6.57. The maximum Gasteiger partial charge on any atom is 0.151 e. The molecule has 0 spiro atoms. The Balaban J connectivity index is 1.99. The van der Waals surface area contributed by atoms with Gasteiger partial charge in [0.25, 0.3) is 0 Å². The van der Waals surface area contributed by atoms with Crippen molar-refractivity contribution in [2.24, 2.45) is 0 Å². The minimum Gasteiger partial charge on any atom is -0.307 e. The van der Waals surface area contributed by atoms with E-state index in [1.54, 1.807) is 11.3 Å². The molecule has 0 fully saturated rings. The molecule has 3 heteroatoms. The van der Waals surface area contributed by atoms with Crippen LogP contribution in [-0.2, 0) is 11.2 Å². The molecule has 0 aliphatic carbocycles. The molecule has 1 aromatic carbocycles. The summed E-state index contributed by atoms with van der Waals surface area (Å²) in [4.78, 5) is 11.9. The Kier molecular flexibility index (Phi) is 4.50. The van der Waals surface area contributed by atoms with Crippen molar-refractivity contribution in [2.45, 2.75) is 32.7 Å². The van der Waals surface area contributed by atoms with E-state index in [9.17, 15) is 4.79 Å². The van der Waals surface area contributed by atoms with Crippen LogP contribution in [0, 0.1) is 0 Å². The molecule has 2 nitrogen and oxygen atoms in total. The monoisotopic (exact) mass is 261 g/mol. The molecule has 1 N–H and O–H groups in total. The van der Waals surface area contributed by atoms with Gasteiger partial charge < -0.3 is 5.32 Å². The first-order chi connectivity index (χ1) is 8.70. The van der Waals surface area contributed by atoms with Gasteiger partial charge in [0.1, 0.15) is 0 Å². The van der Waals surface area contributed by atoms with E-state index in [0.29, 0.717) is 19.0 Å². The van der Waals surface area contributed by atoms with Crippen molar-refractivity contribution in [3.63, 3.8) is 0 Å². The number of hydrogen-bond donors (Lipinski definition) is 1. The van der Waals surface area contributed by atoms with E-state index in [4.69, 9.17) is 0 Å². The maximum atomic E-state index is 11.9. The molecule has 2 rings (SSSR count). The number of nitrogens with one attached hydrogen (secondary N) is 1. The lowest BCUT2D eigenvalue weighted by Crippen LogP contribution is -2.31. The molecule has 0 saturated heterocycles. The summed E-state index contributed by atoms with van der Waals surface area (Å²) in [6, 6.07) is 8.67. The van der Waals surface area contributed by atoms with Gasteiger partial charge in [0.05, 0.1) is 6.54 Å². The first-order valence-corrected chi connectivity index (χ1v) is 7.29. The van der Waals surface area contributed by atoms with Crippen molar-refractivity contribution in [1.29, 1.82) is 0 Å². The summed E-state index contributed by atoms with van der Waals surface area (Å²) >= 11 is 1.71.